The van der Waals surface area contributed by atoms with Gasteiger partial charge in [-0.05, 0) is 118 Å². The van der Waals surface area contributed by atoms with E-state index in [-0.39, 0.29) is 17.3 Å². The van der Waals surface area contributed by atoms with Crippen molar-refractivity contribution in [3.63, 3.8) is 0 Å². The minimum absolute atomic E-state index is 0.214. The summed E-state index contributed by atoms with van der Waals surface area (Å²) < 4.78 is 42.5. The van der Waals surface area contributed by atoms with Crippen LogP contribution >= 0.6 is 0 Å². The Morgan fingerprint density at radius 3 is 2.28 bits per heavy atom. The van der Waals surface area contributed by atoms with E-state index < -0.39 is 11.6 Å². The van der Waals surface area contributed by atoms with Gasteiger partial charge in [0.05, 0.1) is 5.56 Å². The van der Waals surface area contributed by atoms with Crippen molar-refractivity contribution in [3.05, 3.63) is 82.7 Å². The van der Waals surface area contributed by atoms with E-state index in [2.05, 4.69) is 30.9 Å². The van der Waals surface area contributed by atoms with Crippen LogP contribution in [0.5, 0.6) is 0 Å². The van der Waals surface area contributed by atoms with E-state index in [1.807, 2.05) is 0 Å². The Bertz CT molecular complexity index is 986. The summed E-state index contributed by atoms with van der Waals surface area (Å²) in [6.45, 7) is 2.08. The molecule has 0 radical (unpaired) electrons. The van der Waals surface area contributed by atoms with Gasteiger partial charge in [-0.25, -0.2) is 13.2 Å². The van der Waals surface area contributed by atoms with E-state index in [0.717, 1.165) is 36.7 Å². The van der Waals surface area contributed by atoms with Crippen LogP contribution in [0, 0.1) is 47.0 Å². The highest BCUT2D eigenvalue weighted by molar-refractivity contribution is 5.45. The van der Waals surface area contributed by atoms with Crippen molar-refractivity contribution in [2.24, 2.45) is 17.8 Å². The summed E-state index contributed by atoms with van der Waals surface area (Å²) in [6, 6.07) is 8.52. The van der Waals surface area contributed by atoms with Crippen molar-refractivity contribution in [2.75, 3.05) is 0 Å². The molecule has 0 amide bonds. The van der Waals surface area contributed by atoms with Crippen molar-refractivity contribution >= 4 is 0 Å². The van der Waals surface area contributed by atoms with Crippen molar-refractivity contribution in [2.45, 2.75) is 64.2 Å². The first kappa shape index (κ1) is 22.7. The molecule has 2 aromatic rings. The van der Waals surface area contributed by atoms with Crippen LogP contribution in [0.1, 0.15) is 80.9 Å². The van der Waals surface area contributed by atoms with E-state index in [1.165, 1.54) is 68.5 Å². The maximum Gasteiger partial charge on any atom is 0.142 e. The first-order valence-corrected chi connectivity index (χ1v) is 11.9. The second-order valence-electron chi connectivity index (χ2n) is 9.47. The molecule has 4 rings (SSSR count). The summed E-state index contributed by atoms with van der Waals surface area (Å²) in [7, 11) is 0. The standard InChI is InChI=1S/C29H31F3/c1-2-3-4-5-21-6-10-23-17-24(12-11-22(23)16-21)25-18-28(31)27(29(32)19-25)15-9-20-7-13-26(30)14-8-20/h2-3,7-8,13-14,18-19,21-24H,4-6,10-12,16-17H2,1H3/b3-2+. The van der Waals surface area contributed by atoms with Crippen LogP contribution in [0.15, 0.2) is 48.6 Å². The Kier molecular flexibility index (Phi) is 7.40. The number of benzene rings is 2. The smallest absolute Gasteiger partial charge is 0.142 e. The lowest BCUT2D eigenvalue weighted by Gasteiger charge is -2.42. The van der Waals surface area contributed by atoms with E-state index in [1.54, 1.807) is 0 Å². The Balaban J connectivity index is 1.42. The monoisotopic (exact) mass is 436 g/mol. The maximum atomic E-state index is 14.8. The molecule has 0 N–H and O–H groups in total. The first-order chi connectivity index (χ1) is 15.5. The van der Waals surface area contributed by atoms with Crippen LogP contribution in [-0.4, -0.2) is 0 Å². The Morgan fingerprint density at radius 2 is 1.56 bits per heavy atom. The van der Waals surface area contributed by atoms with Gasteiger partial charge >= 0.3 is 0 Å². The minimum Gasteiger partial charge on any atom is -0.207 e. The molecule has 168 valence electrons. The summed E-state index contributed by atoms with van der Waals surface area (Å²) in [5, 5.41) is 0. The summed E-state index contributed by atoms with van der Waals surface area (Å²) in [5.41, 5.74) is 1.07. The zero-order valence-electron chi connectivity index (χ0n) is 18.7. The second kappa shape index (κ2) is 10.4. The number of hydrogen-bond donors (Lipinski definition) is 0. The van der Waals surface area contributed by atoms with Gasteiger partial charge in [-0.1, -0.05) is 30.4 Å². The van der Waals surface area contributed by atoms with Crippen LogP contribution in [0.2, 0.25) is 0 Å². The number of rotatable bonds is 4. The summed E-state index contributed by atoms with van der Waals surface area (Å²) in [5.74, 6) is 6.24. The van der Waals surface area contributed by atoms with Gasteiger partial charge in [0.15, 0.2) is 0 Å². The van der Waals surface area contributed by atoms with E-state index in [0.29, 0.717) is 11.5 Å². The minimum atomic E-state index is -0.607. The van der Waals surface area contributed by atoms with Crippen molar-refractivity contribution in [3.8, 4) is 11.8 Å². The average Bonchev–Trinajstić information content (AvgIpc) is 2.79. The Labute approximate surface area is 189 Å². The second-order valence-corrected chi connectivity index (χ2v) is 9.47. The third kappa shape index (κ3) is 5.47. The maximum absolute atomic E-state index is 14.8. The molecule has 32 heavy (non-hydrogen) atoms. The van der Waals surface area contributed by atoms with Crippen LogP contribution in [0.4, 0.5) is 13.2 Å². The highest BCUT2D eigenvalue weighted by Gasteiger charge is 2.36. The molecule has 0 nitrogen and oxygen atoms in total. The number of allylic oxidation sites excluding steroid dienone is 2. The third-order valence-corrected chi connectivity index (χ3v) is 7.41. The van der Waals surface area contributed by atoms with Crippen LogP contribution in [-0.2, 0) is 0 Å². The lowest BCUT2D eigenvalue weighted by molar-refractivity contribution is 0.115. The predicted molar refractivity (Wildman–Crippen MR) is 124 cm³/mol. The molecule has 3 heteroatoms. The molecular formula is C29H31F3. The quantitative estimate of drug-likeness (QED) is 0.335. The average molecular weight is 437 g/mol. The van der Waals surface area contributed by atoms with E-state index in [9.17, 15) is 13.2 Å². The lowest BCUT2D eigenvalue weighted by atomic mass is 9.63. The highest BCUT2D eigenvalue weighted by Crippen LogP contribution is 2.48. The molecule has 0 saturated heterocycles. The van der Waals surface area contributed by atoms with Gasteiger partial charge < -0.3 is 0 Å². The molecule has 2 aliphatic rings. The first-order valence-electron chi connectivity index (χ1n) is 11.9. The summed E-state index contributed by atoms with van der Waals surface area (Å²) >= 11 is 0. The molecule has 0 aromatic heterocycles. The van der Waals surface area contributed by atoms with Gasteiger partial charge in [0.1, 0.15) is 17.5 Å². The molecule has 0 heterocycles. The fourth-order valence-electron chi connectivity index (χ4n) is 5.67. The molecule has 2 aliphatic carbocycles. The van der Waals surface area contributed by atoms with Crippen molar-refractivity contribution < 1.29 is 13.2 Å². The molecule has 0 aliphatic heterocycles. The number of hydrogen-bond acceptors (Lipinski definition) is 0. The topological polar surface area (TPSA) is 0 Å². The van der Waals surface area contributed by atoms with Crippen molar-refractivity contribution in [1.82, 2.24) is 0 Å². The number of halogens is 3. The van der Waals surface area contributed by atoms with Crippen LogP contribution < -0.4 is 0 Å². The van der Waals surface area contributed by atoms with Crippen molar-refractivity contribution in [1.29, 1.82) is 0 Å². The Morgan fingerprint density at radius 1 is 0.875 bits per heavy atom. The SMILES string of the molecule is C/C=C/CCC1CCC2CC(c3cc(F)c(C#Cc4ccc(F)cc4)c(F)c3)CCC2C1. The normalized spacial score (nSPS) is 25.2. The van der Waals surface area contributed by atoms with Gasteiger partial charge in [-0.15, -0.1) is 0 Å². The predicted octanol–water partition coefficient (Wildman–Crippen LogP) is 8.16. The molecular weight excluding hydrogens is 405 g/mol. The summed E-state index contributed by atoms with van der Waals surface area (Å²) in [6.07, 6.45) is 13.9. The van der Waals surface area contributed by atoms with Gasteiger partial charge in [0, 0.05) is 5.56 Å². The van der Waals surface area contributed by atoms with Gasteiger partial charge in [0.25, 0.3) is 0 Å². The van der Waals surface area contributed by atoms with Gasteiger partial charge in [-0.3, -0.25) is 0 Å². The molecule has 0 bridgehead atoms. The Hall–Kier alpha value is -2.47. The molecule has 2 saturated carbocycles. The molecule has 4 atom stereocenters. The fourth-order valence-corrected chi connectivity index (χ4v) is 5.67. The largest absolute Gasteiger partial charge is 0.207 e. The van der Waals surface area contributed by atoms with Gasteiger partial charge in [0.2, 0.25) is 0 Å². The molecule has 2 fully saturated rings. The highest BCUT2D eigenvalue weighted by atomic mass is 19.1. The molecule has 0 spiro atoms. The van der Waals surface area contributed by atoms with E-state index >= 15 is 0 Å². The molecule has 2 aromatic carbocycles. The fraction of sp³-hybridized carbons (Fsp3) is 0.448. The van der Waals surface area contributed by atoms with E-state index in [4.69, 9.17) is 0 Å². The van der Waals surface area contributed by atoms with Gasteiger partial charge in [-0.2, -0.15) is 0 Å². The van der Waals surface area contributed by atoms with Crippen LogP contribution in [0.25, 0.3) is 0 Å². The lowest BCUT2D eigenvalue weighted by Crippen LogP contribution is -2.30. The zero-order chi connectivity index (χ0) is 22.5. The zero-order valence-corrected chi connectivity index (χ0v) is 18.7. The third-order valence-electron chi connectivity index (χ3n) is 7.41. The number of fused-ring (bicyclic) bond motifs is 1. The molecule has 4 unspecified atom stereocenters. The summed E-state index contributed by atoms with van der Waals surface area (Å²) in [4.78, 5) is 0. The van der Waals surface area contributed by atoms with Crippen LogP contribution in [0.3, 0.4) is 0 Å².